The van der Waals surface area contributed by atoms with Gasteiger partial charge in [-0.1, -0.05) is 51.9 Å². The van der Waals surface area contributed by atoms with Gasteiger partial charge < -0.3 is 5.21 Å². The van der Waals surface area contributed by atoms with Gasteiger partial charge in [0.1, 0.15) is 0 Å². The molecule has 0 radical (unpaired) electrons. The summed E-state index contributed by atoms with van der Waals surface area (Å²) >= 11 is 0. The smallest absolute Gasteiger partial charge is 0.0207 e. The molecule has 0 fully saturated rings. The molecule has 0 bridgehead atoms. The zero-order valence-corrected chi connectivity index (χ0v) is 8.31. The van der Waals surface area contributed by atoms with E-state index in [4.69, 9.17) is 5.21 Å². The standard InChI is InChI=1S/C10H23NO/c1-2-3-4-5-6-7-8-9-10-11-12/h11-12H,2-10H2,1H3. The third kappa shape index (κ3) is 9.92. The molecule has 0 atom stereocenters. The van der Waals surface area contributed by atoms with Crippen molar-refractivity contribution in [3.05, 3.63) is 0 Å². The van der Waals surface area contributed by atoms with Crippen molar-refractivity contribution in [3.63, 3.8) is 0 Å². The van der Waals surface area contributed by atoms with Crippen LogP contribution in [0.2, 0.25) is 0 Å². The summed E-state index contributed by atoms with van der Waals surface area (Å²) in [7, 11) is 0. The third-order valence-corrected chi connectivity index (χ3v) is 2.14. The minimum atomic E-state index is 0.745. The summed E-state index contributed by atoms with van der Waals surface area (Å²) in [5.74, 6) is 0. The van der Waals surface area contributed by atoms with Gasteiger partial charge in [-0.25, -0.2) is 5.48 Å². The molecule has 0 amide bonds. The van der Waals surface area contributed by atoms with E-state index in [0.717, 1.165) is 13.0 Å². The molecule has 2 nitrogen and oxygen atoms in total. The molecule has 12 heavy (non-hydrogen) atoms. The molecule has 0 aromatic heterocycles. The SMILES string of the molecule is CCCCCCCCCCNO. The van der Waals surface area contributed by atoms with Crippen LogP contribution in [0.4, 0.5) is 0 Å². The van der Waals surface area contributed by atoms with E-state index in [1.54, 1.807) is 0 Å². The summed E-state index contributed by atoms with van der Waals surface area (Å²) in [4.78, 5) is 0. The maximum Gasteiger partial charge on any atom is 0.0207 e. The van der Waals surface area contributed by atoms with Crippen molar-refractivity contribution >= 4 is 0 Å². The van der Waals surface area contributed by atoms with Crippen LogP contribution < -0.4 is 5.48 Å². The molecule has 0 saturated carbocycles. The minimum absolute atomic E-state index is 0.745. The van der Waals surface area contributed by atoms with Crippen LogP contribution >= 0.6 is 0 Å². The van der Waals surface area contributed by atoms with Crippen molar-refractivity contribution in [2.24, 2.45) is 0 Å². The Morgan fingerprint density at radius 2 is 1.33 bits per heavy atom. The summed E-state index contributed by atoms with van der Waals surface area (Å²) in [6.45, 7) is 2.99. The zero-order chi connectivity index (χ0) is 9.07. The highest BCUT2D eigenvalue weighted by atomic mass is 16.5. The van der Waals surface area contributed by atoms with Crippen LogP contribution in [-0.4, -0.2) is 11.8 Å². The van der Waals surface area contributed by atoms with E-state index in [1.165, 1.54) is 44.9 Å². The fourth-order valence-corrected chi connectivity index (χ4v) is 1.34. The Labute approximate surface area is 76.3 Å². The van der Waals surface area contributed by atoms with E-state index < -0.39 is 0 Å². The predicted molar refractivity (Wildman–Crippen MR) is 52.4 cm³/mol. The summed E-state index contributed by atoms with van der Waals surface area (Å²) in [6.07, 6.45) is 10.5. The van der Waals surface area contributed by atoms with Gasteiger partial charge in [0, 0.05) is 6.54 Å². The van der Waals surface area contributed by atoms with Crippen molar-refractivity contribution in [1.29, 1.82) is 0 Å². The normalized spacial score (nSPS) is 10.5. The van der Waals surface area contributed by atoms with Gasteiger partial charge in [-0.2, -0.15) is 0 Å². The second-order valence-electron chi connectivity index (χ2n) is 3.38. The lowest BCUT2D eigenvalue weighted by atomic mass is 10.1. The van der Waals surface area contributed by atoms with E-state index >= 15 is 0 Å². The largest absolute Gasteiger partial charge is 0.317 e. The summed E-state index contributed by atoms with van der Waals surface area (Å²) in [6, 6.07) is 0. The maximum absolute atomic E-state index is 8.29. The molecule has 0 saturated heterocycles. The number of hydrogen-bond donors (Lipinski definition) is 2. The van der Waals surface area contributed by atoms with E-state index in [9.17, 15) is 0 Å². The molecule has 0 aliphatic carbocycles. The Morgan fingerprint density at radius 3 is 1.83 bits per heavy atom. The molecule has 0 aromatic rings. The molecule has 0 heterocycles. The first kappa shape index (κ1) is 11.9. The Bertz CT molecular complexity index is 66.2. The van der Waals surface area contributed by atoms with Crippen LogP contribution in [0.1, 0.15) is 58.3 Å². The third-order valence-electron chi connectivity index (χ3n) is 2.14. The Balaban J connectivity index is 2.73. The van der Waals surface area contributed by atoms with E-state index in [1.807, 2.05) is 0 Å². The predicted octanol–water partition coefficient (Wildman–Crippen LogP) is 3.11. The lowest BCUT2D eigenvalue weighted by Crippen LogP contribution is -2.07. The topological polar surface area (TPSA) is 32.3 Å². The number of nitrogens with one attached hydrogen (secondary N) is 1. The fraction of sp³-hybridized carbons (Fsp3) is 1.00. The number of hydrogen-bond acceptors (Lipinski definition) is 2. The fourth-order valence-electron chi connectivity index (χ4n) is 1.34. The summed E-state index contributed by atoms with van der Waals surface area (Å²) < 4.78 is 0. The lowest BCUT2D eigenvalue weighted by Gasteiger charge is -2.00. The molecule has 0 aliphatic rings. The Kier molecular flexibility index (Phi) is 10.8. The van der Waals surface area contributed by atoms with Crippen molar-refractivity contribution in [2.75, 3.05) is 6.54 Å². The average molecular weight is 173 g/mol. The van der Waals surface area contributed by atoms with Gasteiger partial charge in [-0.15, -0.1) is 0 Å². The van der Waals surface area contributed by atoms with E-state index in [0.29, 0.717) is 0 Å². The van der Waals surface area contributed by atoms with Gasteiger partial charge in [-0.3, -0.25) is 0 Å². The first-order valence-corrected chi connectivity index (χ1v) is 5.28. The monoisotopic (exact) mass is 173 g/mol. The average Bonchev–Trinajstić information content (AvgIpc) is 2.10. The molecule has 0 unspecified atom stereocenters. The molecule has 0 aliphatic heterocycles. The first-order valence-electron chi connectivity index (χ1n) is 5.28. The van der Waals surface area contributed by atoms with Gasteiger partial charge in [-0.05, 0) is 6.42 Å². The molecular weight excluding hydrogens is 150 g/mol. The van der Waals surface area contributed by atoms with Crippen LogP contribution in [0.25, 0.3) is 0 Å². The molecule has 2 heteroatoms. The van der Waals surface area contributed by atoms with Crippen LogP contribution in [0.15, 0.2) is 0 Å². The lowest BCUT2D eigenvalue weighted by molar-refractivity contribution is 0.164. The number of unbranched alkanes of at least 4 members (excludes halogenated alkanes) is 7. The van der Waals surface area contributed by atoms with Gasteiger partial charge in [0.15, 0.2) is 0 Å². The molecule has 0 spiro atoms. The van der Waals surface area contributed by atoms with Crippen LogP contribution in [0, 0.1) is 0 Å². The van der Waals surface area contributed by atoms with Crippen LogP contribution in [-0.2, 0) is 0 Å². The van der Waals surface area contributed by atoms with Crippen molar-refractivity contribution in [2.45, 2.75) is 58.3 Å². The van der Waals surface area contributed by atoms with Crippen molar-refractivity contribution < 1.29 is 5.21 Å². The quantitative estimate of drug-likeness (QED) is 0.415. The molecule has 74 valence electrons. The van der Waals surface area contributed by atoms with E-state index in [-0.39, 0.29) is 0 Å². The van der Waals surface area contributed by atoms with Crippen molar-refractivity contribution in [1.82, 2.24) is 5.48 Å². The second kappa shape index (κ2) is 10.9. The number of rotatable bonds is 9. The van der Waals surface area contributed by atoms with Gasteiger partial charge in [0.2, 0.25) is 0 Å². The Hall–Kier alpha value is -0.0800. The minimum Gasteiger partial charge on any atom is -0.317 e. The maximum atomic E-state index is 8.29. The van der Waals surface area contributed by atoms with Crippen LogP contribution in [0.5, 0.6) is 0 Å². The van der Waals surface area contributed by atoms with E-state index in [2.05, 4.69) is 12.4 Å². The highest BCUT2D eigenvalue weighted by Crippen LogP contribution is 2.07. The Morgan fingerprint density at radius 1 is 0.833 bits per heavy atom. The summed E-state index contributed by atoms with van der Waals surface area (Å²) in [5.41, 5.74) is 2.18. The molecule has 0 rings (SSSR count). The first-order chi connectivity index (χ1) is 5.91. The molecular formula is C10H23NO. The van der Waals surface area contributed by atoms with Crippen LogP contribution in [0.3, 0.4) is 0 Å². The molecule has 0 aromatic carbocycles. The highest BCUT2D eigenvalue weighted by molar-refractivity contribution is 4.46. The highest BCUT2D eigenvalue weighted by Gasteiger charge is 1.90. The van der Waals surface area contributed by atoms with Gasteiger partial charge in [0.05, 0.1) is 0 Å². The zero-order valence-electron chi connectivity index (χ0n) is 8.31. The summed E-state index contributed by atoms with van der Waals surface area (Å²) in [5, 5.41) is 8.29. The molecule has 2 N–H and O–H groups in total. The second-order valence-corrected chi connectivity index (χ2v) is 3.38. The van der Waals surface area contributed by atoms with Gasteiger partial charge in [0.25, 0.3) is 0 Å². The number of hydroxylamine groups is 1. The van der Waals surface area contributed by atoms with Crippen molar-refractivity contribution in [3.8, 4) is 0 Å². The van der Waals surface area contributed by atoms with Gasteiger partial charge >= 0.3 is 0 Å².